The maximum atomic E-state index is 14.2. The first-order chi connectivity index (χ1) is 16.4. The van der Waals surface area contributed by atoms with Gasteiger partial charge in [0, 0.05) is 35.8 Å². The van der Waals surface area contributed by atoms with Gasteiger partial charge in [0.2, 0.25) is 0 Å². The van der Waals surface area contributed by atoms with Crippen molar-refractivity contribution in [2.45, 2.75) is 10.9 Å². The average Bonchev–Trinajstić information content (AvgIpc) is 3.27. The molecular formula is C25H22F3N3O2S. The van der Waals surface area contributed by atoms with Crippen molar-refractivity contribution >= 4 is 23.3 Å². The fraction of sp³-hybridized carbons (Fsp3) is 0.160. The third-order valence-electron chi connectivity index (χ3n) is 5.30. The minimum Gasteiger partial charge on any atom is -0.493 e. The SMILES string of the molecule is COc1ccc(N(C)c2cnc(SCc3c(F)cccc3F)n2-c2ccc(F)cc2)cc1OC. The number of imidazole rings is 1. The molecule has 0 saturated carbocycles. The Morgan fingerprint density at radius 2 is 1.59 bits per heavy atom. The largest absolute Gasteiger partial charge is 0.493 e. The van der Waals surface area contributed by atoms with E-state index in [1.807, 2.05) is 24.1 Å². The van der Waals surface area contributed by atoms with Crippen LogP contribution >= 0.6 is 11.8 Å². The normalized spacial score (nSPS) is 10.9. The van der Waals surface area contributed by atoms with E-state index in [-0.39, 0.29) is 17.1 Å². The van der Waals surface area contributed by atoms with E-state index in [9.17, 15) is 13.2 Å². The Morgan fingerprint density at radius 1 is 0.912 bits per heavy atom. The molecule has 5 nitrogen and oxygen atoms in total. The number of methoxy groups -OCH3 is 2. The van der Waals surface area contributed by atoms with Crippen LogP contribution in [-0.4, -0.2) is 30.8 Å². The van der Waals surface area contributed by atoms with Gasteiger partial charge in [-0.3, -0.25) is 4.57 Å². The van der Waals surface area contributed by atoms with Crippen LogP contribution in [0.4, 0.5) is 24.7 Å². The number of aromatic nitrogens is 2. The number of hydrogen-bond donors (Lipinski definition) is 0. The zero-order valence-corrected chi connectivity index (χ0v) is 19.6. The fourth-order valence-corrected chi connectivity index (χ4v) is 4.47. The van der Waals surface area contributed by atoms with Gasteiger partial charge in [-0.25, -0.2) is 18.2 Å². The lowest BCUT2D eigenvalue weighted by Crippen LogP contribution is -2.14. The van der Waals surface area contributed by atoms with E-state index in [0.717, 1.165) is 5.69 Å². The molecule has 1 aromatic heterocycles. The van der Waals surface area contributed by atoms with Crippen molar-refractivity contribution in [3.05, 3.63) is 89.9 Å². The molecule has 9 heteroatoms. The van der Waals surface area contributed by atoms with E-state index in [2.05, 4.69) is 4.98 Å². The first-order valence-corrected chi connectivity index (χ1v) is 11.3. The molecule has 176 valence electrons. The molecule has 34 heavy (non-hydrogen) atoms. The molecule has 0 aliphatic rings. The number of benzene rings is 3. The minimum absolute atomic E-state index is 0.0315. The van der Waals surface area contributed by atoms with E-state index in [0.29, 0.717) is 28.2 Å². The lowest BCUT2D eigenvalue weighted by atomic mass is 10.2. The Labute approximate surface area is 199 Å². The molecule has 0 atom stereocenters. The molecule has 0 fully saturated rings. The van der Waals surface area contributed by atoms with Gasteiger partial charge in [0.05, 0.1) is 20.4 Å². The zero-order chi connectivity index (χ0) is 24.2. The summed E-state index contributed by atoms with van der Waals surface area (Å²) in [6, 6.07) is 15.2. The summed E-state index contributed by atoms with van der Waals surface area (Å²) in [5.41, 5.74) is 1.41. The van der Waals surface area contributed by atoms with Crippen LogP contribution in [0.25, 0.3) is 5.69 Å². The lowest BCUT2D eigenvalue weighted by Gasteiger charge is -2.23. The van der Waals surface area contributed by atoms with Crippen LogP contribution in [-0.2, 0) is 5.75 Å². The van der Waals surface area contributed by atoms with Crippen molar-refractivity contribution in [1.29, 1.82) is 0 Å². The fourth-order valence-electron chi connectivity index (χ4n) is 3.47. The van der Waals surface area contributed by atoms with Gasteiger partial charge in [0.1, 0.15) is 23.3 Å². The highest BCUT2D eigenvalue weighted by molar-refractivity contribution is 7.98. The third-order valence-corrected chi connectivity index (χ3v) is 6.28. The Morgan fingerprint density at radius 3 is 2.24 bits per heavy atom. The maximum absolute atomic E-state index is 14.2. The maximum Gasteiger partial charge on any atom is 0.174 e. The van der Waals surface area contributed by atoms with Crippen molar-refractivity contribution in [2.24, 2.45) is 0 Å². The Balaban J connectivity index is 1.74. The van der Waals surface area contributed by atoms with Gasteiger partial charge in [-0.2, -0.15) is 0 Å². The highest BCUT2D eigenvalue weighted by atomic mass is 32.2. The summed E-state index contributed by atoms with van der Waals surface area (Å²) < 4.78 is 54.5. The van der Waals surface area contributed by atoms with Crippen molar-refractivity contribution in [3.63, 3.8) is 0 Å². The molecule has 3 aromatic carbocycles. The molecule has 0 unspecified atom stereocenters. The number of ether oxygens (including phenoxy) is 2. The van der Waals surface area contributed by atoms with E-state index < -0.39 is 11.6 Å². The molecule has 0 saturated heterocycles. The molecule has 0 bridgehead atoms. The van der Waals surface area contributed by atoms with Crippen molar-refractivity contribution in [3.8, 4) is 17.2 Å². The quantitative estimate of drug-likeness (QED) is 0.271. The number of hydrogen-bond acceptors (Lipinski definition) is 5. The number of rotatable bonds is 8. The number of thioether (sulfide) groups is 1. The van der Waals surface area contributed by atoms with Gasteiger partial charge in [0.25, 0.3) is 0 Å². The standard InChI is InChI=1S/C25H22F3N3O2S/c1-30(18-11-12-22(32-2)23(13-18)33-3)24-14-29-25(31(24)17-9-7-16(26)8-10-17)34-15-19-20(27)5-4-6-21(19)28/h4-14H,15H2,1-3H3. The molecule has 0 spiro atoms. The summed E-state index contributed by atoms with van der Waals surface area (Å²) in [4.78, 5) is 6.38. The second-order valence-corrected chi connectivity index (χ2v) is 8.24. The monoisotopic (exact) mass is 485 g/mol. The highest BCUT2D eigenvalue weighted by Gasteiger charge is 2.19. The van der Waals surface area contributed by atoms with Gasteiger partial charge >= 0.3 is 0 Å². The van der Waals surface area contributed by atoms with E-state index in [1.54, 1.807) is 43.2 Å². The van der Waals surface area contributed by atoms with Crippen LogP contribution in [0.1, 0.15) is 5.56 Å². The van der Waals surface area contributed by atoms with E-state index in [1.165, 1.54) is 42.1 Å². The van der Waals surface area contributed by atoms with Gasteiger partial charge in [-0.05, 0) is 48.5 Å². The third kappa shape index (κ3) is 4.70. The first-order valence-electron chi connectivity index (χ1n) is 10.3. The molecule has 4 aromatic rings. The van der Waals surface area contributed by atoms with Crippen LogP contribution in [0.5, 0.6) is 11.5 Å². The summed E-state index contributed by atoms with van der Waals surface area (Å²) in [6.07, 6.45) is 1.65. The number of anilines is 2. The van der Waals surface area contributed by atoms with Gasteiger partial charge in [-0.15, -0.1) is 0 Å². The van der Waals surface area contributed by atoms with Crippen molar-refractivity contribution < 1.29 is 22.6 Å². The van der Waals surface area contributed by atoms with Crippen molar-refractivity contribution in [1.82, 2.24) is 9.55 Å². The van der Waals surface area contributed by atoms with Crippen LogP contribution in [0.2, 0.25) is 0 Å². The zero-order valence-electron chi connectivity index (χ0n) is 18.8. The van der Waals surface area contributed by atoms with Crippen LogP contribution in [0.15, 0.2) is 72.0 Å². The summed E-state index contributed by atoms with van der Waals surface area (Å²) in [5, 5.41) is 0.497. The van der Waals surface area contributed by atoms with Gasteiger partial charge in [-0.1, -0.05) is 17.8 Å². The molecule has 0 radical (unpaired) electrons. The van der Waals surface area contributed by atoms with Crippen LogP contribution < -0.4 is 14.4 Å². The number of nitrogens with zero attached hydrogens (tertiary/aromatic N) is 3. The Hall–Kier alpha value is -3.59. The topological polar surface area (TPSA) is 39.5 Å². The molecular weight excluding hydrogens is 463 g/mol. The van der Waals surface area contributed by atoms with Crippen LogP contribution in [0.3, 0.4) is 0 Å². The van der Waals surface area contributed by atoms with Gasteiger partial charge < -0.3 is 14.4 Å². The minimum atomic E-state index is -0.616. The summed E-state index contributed by atoms with van der Waals surface area (Å²) in [5.74, 6) is 0.247. The van der Waals surface area contributed by atoms with E-state index in [4.69, 9.17) is 9.47 Å². The summed E-state index contributed by atoms with van der Waals surface area (Å²) in [6.45, 7) is 0. The molecule has 0 N–H and O–H groups in total. The number of halogens is 3. The molecule has 1 heterocycles. The highest BCUT2D eigenvalue weighted by Crippen LogP contribution is 2.37. The molecule has 4 rings (SSSR count). The Kier molecular flexibility index (Phi) is 7.02. The summed E-state index contributed by atoms with van der Waals surface area (Å²) in [7, 11) is 4.97. The molecule has 0 amide bonds. The smallest absolute Gasteiger partial charge is 0.174 e. The predicted octanol–water partition coefficient (Wildman–Crippen LogP) is 6.37. The second kappa shape index (κ2) is 10.1. The van der Waals surface area contributed by atoms with E-state index >= 15 is 0 Å². The average molecular weight is 486 g/mol. The molecule has 0 aliphatic heterocycles. The summed E-state index contributed by atoms with van der Waals surface area (Å²) >= 11 is 1.18. The van der Waals surface area contributed by atoms with Crippen molar-refractivity contribution in [2.75, 3.05) is 26.2 Å². The van der Waals surface area contributed by atoms with Gasteiger partial charge in [0.15, 0.2) is 16.7 Å². The Bertz CT molecular complexity index is 1280. The second-order valence-electron chi connectivity index (χ2n) is 7.30. The molecule has 0 aliphatic carbocycles. The lowest BCUT2D eigenvalue weighted by molar-refractivity contribution is 0.355. The first kappa shape index (κ1) is 23.6. The van der Waals surface area contributed by atoms with Crippen LogP contribution in [0, 0.1) is 17.5 Å². The predicted molar refractivity (Wildman–Crippen MR) is 127 cm³/mol.